The van der Waals surface area contributed by atoms with Crippen LogP contribution in [0, 0.1) is 0 Å². The summed E-state index contributed by atoms with van der Waals surface area (Å²) in [7, 11) is 0. The van der Waals surface area contributed by atoms with Gasteiger partial charge >= 0.3 is 6.18 Å². The van der Waals surface area contributed by atoms with Crippen LogP contribution in [0.3, 0.4) is 0 Å². The SMILES string of the molecule is O=C1CSc2ccc(C(=O)Nc3ccc(C(F)(F)F)cc3)cc2N1. The van der Waals surface area contributed by atoms with E-state index in [0.29, 0.717) is 17.0 Å². The molecule has 2 amide bonds. The molecule has 2 aromatic carbocycles. The number of halogens is 3. The molecule has 0 atom stereocenters. The van der Waals surface area contributed by atoms with Crippen molar-refractivity contribution in [3.8, 4) is 0 Å². The fourth-order valence-corrected chi connectivity index (χ4v) is 2.96. The van der Waals surface area contributed by atoms with Crippen LogP contribution in [0.1, 0.15) is 15.9 Å². The number of thioether (sulfide) groups is 1. The molecule has 8 heteroatoms. The van der Waals surface area contributed by atoms with Crippen LogP contribution in [0.15, 0.2) is 47.4 Å². The highest BCUT2D eigenvalue weighted by Crippen LogP contribution is 2.32. The van der Waals surface area contributed by atoms with E-state index < -0.39 is 17.6 Å². The van der Waals surface area contributed by atoms with Crippen molar-refractivity contribution in [2.24, 2.45) is 0 Å². The lowest BCUT2D eigenvalue weighted by molar-refractivity contribution is -0.137. The van der Waals surface area contributed by atoms with Gasteiger partial charge < -0.3 is 10.6 Å². The molecule has 0 bridgehead atoms. The molecule has 24 heavy (non-hydrogen) atoms. The Bertz CT molecular complexity index is 804. The first kappa shape index (κ1) is 16.4. The summed E-state index contributed by atoms with van der Waals surface area (Å²) >= 11 is 1.37. The van der Waals surface area contributed by atoms with Crippen LogP contribution in [0.5, 0.6) is 0 Å². The first-order valence-electron chi connectivity index (χ1n) is 6.88. The van der Waals surface area contributed by atoms with Crippen molar-refractivity contribution < 1.29 is 22.8 Å². The Kier molecular flexibility index (Phi) is 4.23. The second kappa shape index (κ2) is 6.20. The summed E-state index contributed by atoms with van der Waals surface area (Å²) in [5, 5.41) is 5.21. The van der Waals surface area contributed by atoms with E-state index in [0.717, 1.165) is 17.0 Å². The third kappa shape index (κ3) is 3.53. The topological polar surface area (TPSA) is 58.2 Å². The number of rotatable bonds is 2. The molecule has 3 rings (SSSR count). The Morgan fingerprint density at radius 1 is 1.12 bits per heavy atom. The predicted molar refractivity (Wildman–Crippen MR) is 85.2 cm³/mol. The van der Waals surface area contributed by atoms with E-state index in [4.69, 9.17) is 0 Å². The number of hydrogen-bond donors (Lipinski definition) is 2. The lowest BCUT2D eigenvalue weighted by Crippen LogP contribution is -2.20. The van der Waals surface area contributed by atoms with E-state index >= 15 is 0 Å². The fourth-order valence-electron chi connectivity index (χ4n) is 2.17. The zero-order valence-corrected chi connectivity index (χ0v) is 12.9. The molecular formula is C16H11F3N2O2S. The van der Waals surface area contributed by atoms with E-state index in [-0.39, 0.29) is 11.6 Å². The van der Waals surface area contributed by atoms with E-state index in [2.05, 4.69) is 10.6 Å². The number of carbonyl (C=O) groups is 2. The van der Waals surface area contributed by atoms with E-state index in [1.165, 1.54) is 23.9 Å². The first-order valence-corrected chi connectivity index (χ1v) is 7.87. The average Bonchev–Trinajstić information content (AvgIpc) is 2.53. The second-order valence-corrected chi connectivity index (χ2v) is 6.09. The molecule has 0 spiro atoms. The van der Waals surface area contributed by atoms with Crippen molar-refractivity contribution in [3.63, 3.8) is 0 Å². The molecule has 124 valence electrons. The standard InChI is InChI=1S/C16H11F3N2O2S/c17-16(18,19)10-2-4-11(5-3-10)20-15(23)9-1-6-13-12(7-9)21-14(22)8-24-13/h1-7H,8H2,(H,20,23)(H,21,22). The number of fused-ring (bicyclic) bond motifs is 1. The van der Waals surface area contributed by atoms with Gasteiger partial charge in [0, 0.05) is 16.1 Å². The van der Waals surface area contributed by atoms with E-state index in [1.54, 1.807) is 18.2 Å². The maximum atomic E-state index is 12.5. The monoisotopic (exact) mass is 352 g/mol. The lowest BCUT2D eigenvalue weighted by atomic mass is 10.1. The Balaban J connectivity index is 1.75. The highest BCUT2D eigenvalue weighted by atomic mass is 32.2. The molecule has 1 heterocycles. The number of amides is 2. The maximum absolute atomic E-state index is 12.5. The Labute approximate surface area is 139 Å². The summed E-state index contributed by atoms with van der Waals surface area (Å²) in [6.45, 7) is 0. The molecular weight excluding hydrogens is 341 g/mol. The molecule has 0 radical (unpaired) electrons. The van der Waals surface area contributed by atoms with Gasteiger partial charge in [-0.1, -0.05) is 0 Å². The largest absolute Gasteiger partial charge is 0.416 e. The van der Waals surface area contributed by atoms with Crippen LogP contribution >= 0.6 is 11.8 Å². The Morgan fingerprint density at radius 3 is 2.50 bits per heavy atom. The van der Waals surface area contributed by atoms with Gasteiger partial charge in [0.1, 0.15) is 0 Å². The Morgan fingerprint density at radius 2 is 1.83 bits per heavy atom. The minimum Gasteiger partial charge on any atom is -0.324 e. The summed E-state index contributed by atoms with van der Waals surface area (Å²) in [5.41, 5.74) is 0.325. The first-order chi connectivity index (χ1) is 11.3. The van der Waals surface area contributed by atoms with E-state index in [1.807, 2.05) is 0 Å². The third-order valence-electron chi connectivity index (χ3n) is 3.34. The fraction of sp³-hybridized carbons (Fsp3) is 0.125. The van der Waals surface area contributed by atoms with E-state index in [9.17, 15) is 22.8 Å². The number of hydrogen-bond acceptors (Lipinski definition) is 3. The highest BCUT2D eigenvalue weighted by Gasteiger charge is 2.30. The predicted octanol–water partition coefficient (Wildman–Crippen LogP) is 4.00. The number of benzene rings is 2. The van der Waals surface area contributed by atoms with Crippen molar-refractivity contribution in [2.75, 3.05) is 16.4 Å². The van der Waals surface area contributed by atoms with Gasteiger partial charge in [0.05, 0.1) is 17.0 Å². The van der Waals surface area contributed by atoms with Gasteiger partial charge in [0.2, 0.25) is 5.91 Å². The van der Waals surface area contributed by atoms with Gasteiger partial charge in [-0.2, -0.15) is 13.2 Å². The summed E-state index contributed by atoms with van der Waals surface area (Å²) in [6.07, 6.45) is -4.42. The number of alkyl halides is 3. The Hall–Kier alpha value is -2.48. The van der Waals surface area contributed by atoms with Crippen molar-refractivity contribution >= 4 is 35.0 Å². The zero-order valence-electron chi connectivity index (χ0n) is 12.1. The molecule has 0 saturated heterocycles. The molecule has 0 fully saturated rings. The van der Waals surface area contributed by atoms with Gasteiger partial charge in [-0.3, -0.25) is 9.59 Å². The van der Waals surface area contributed by atoms with Crippen molar-refractivity contribution in [1.82, 2.24) is 0 Å². The maximum Gasteiger partial charge on any atom is 0.416 e. The zero-order chi connectivity index (χ0) is 17.3. The molecule has 0 aliphatic carbocycles. The van der Waals surface area contributed by atoms with Crippen LogP contribution in [0.2, 0.25) is 0 Å². The summed E-state index contributed by atoms with van der Waals surface area (Å²) in [5.74, 6) is -0.292. The molecule has 0 unspecified atom stereocenters. The van der Waals surface area contributed by atoms with Crippen molar-refractivity contribution in [2.45, 2.75) is 11.1 Å². The molecule has 2 aromatic rings. The van der Waals surface area contributed by atoms with Crippen molar-refractivity contribution in [1.29, 1.82) is 0 Å². The lowest BCUT2D eigenvalue weighted by Gasteiger charge is -2.17. The average molecular weight is 352 g/mol. The van der Waals surface area contributed by atoms with Crippen molar-refractivity contribution in [3.05, 3.63) is 53.6 Å². The molecule has 4 nitrogen and oxygen atoms in total. The highest BCUT2D eigenvalue weighted by molar-refractivity contribution is 8.00. The number of carbonyl (C=O) groups excluding carboxylic acids is 2. The summed E-state index contributed by atoms with van der Waals surface area (Å²) in [4.78, 5) is 24.5. The molecule has 0 aromatic heterocycles. The normalized spacial score (nSPS) is 13.9. The molecule has 0 saturated carbocycles. The van der Waals surface area contributed by atoms with Gasteiger partial charge in [-0.25, -0.2) is 0 Å². The molecule has 1 aliphatic rings. The van der Waals surface area contributed by atoms with Gasteiger partial charge in [0.15, 0.2) is 0 Å². The van der Waals surface area contributed by atoms with Crippen LogP contribution in [0.25, 0.3) is 0 Å². The minimum atomic E-state index is -4.42. The smallest absolute Gasteiger partial charge is 0.324 e. The van der Waals surface area contributed by atoms with Crippen LogP contribution in [0.4, 0.5) is 24.5 Å². The number of nitrogens with one attached hydrogen (secondary N) is 2. The third-order valence-corrected chi connectivity index (χ3v) is 4.42. The molecule has 2 N–H and O–H groups in total. The van der Waals surface area contributed by atoms with Gasteiger partial charge in [-0.15, -0.1) is 11.8 Å². The molecule has 1 aliphatic heterocycles. The summed E-state index contributed by atoms with van der Waals surface area (Å²) < 4.78 is 37.5. The van der Waals surface area contributed by atoms with Crippen LogP contribution in [-0.2, 0) is 11.0 Å². The van der Waals surface area contributed by atoms with Gasteiger partial charge in [-0.05, 0) is 42.5 Å². The summed E-state index contributed by atoms with van der Waals surface area (Å²) in [6, 6.07) is 9.05. The minimum absolute atomic E-state index is 0.146. The quantitative estimate of drug-likeness (QED) is 0.859. The second-order valence-electron chi connectivity index (χ2n) is 5.08. The van der Waals surface area contributed by atoms with Crippen LogP contribution in [-0.4, -0.2) is 17.6 Å². The van der Waals surface area contributed by atoms with Gasteiger partial charge in [0.25, 0.3) is 5.91 Å². The van der Waals surface area contributed by atoms with Crippen LogP contribution < -0.4 is 10.6 Å². The number of anilines is 2.